The Kier molecular flexibility index (Phi) is 19.1. The number of aliphatic hydroxyl groups is 2. The van der Waals surface area contributed by atoms with E-state index in [-0.39, 0.29) is 12.2 Å². The molecule has 1 aromatic rings. The van der Waals surface area contributed by atoms with Crippen molar-refractivity contribution >= 4 is 23.6 Å². The fourth-order valence-corrected chi connectivity index (χ4v) is 5.07. The molecule has 0 unspecified atom stereocenters. The van der Waals surface area contributed by atoms with Gasteiger partial charge in [-0.15, -0.1) is 0 Å². The quantitative estimate of drug-likeness (QED) is 0.0684. The van der Waals surface area contributed by atoms with Gasteiger partial charge in [-0.3, -0.25) is 9.59 Å². The number of rotatable bonds is 23. The van der Waals surface area contributed by atoms with Gasteiger partial charge in [0, 0.05) is 32.3 Å². The van der Waals surface area contributed by atoms with E-state index in [0.717, 1.165) is 38.5 Å². The zero-order valence-electron chi connectivity index (χ0n) is 28.5. The lowest BCUT2D eigenvalue weighted by molar-refractivity contribution is -0.185. The lowest BCUT2D eigenvalue weighted by atomic mass is 9.82. The summed E-state index contributed by atoms with van der Waals surface area (Å²) in [4.78, 5) is 51.7. The zero-order chi connectivity index (χ0) is 34.6. The van der Waals surface area contributed by atoms with Crippen LogP contribution in [0.4, 0.5) is 0 Å². The van der Waals surface area contributed by atoms with Gasteiger partial charge in [-0.1, -0.05) is 69.7 Å². The summed E-state index contributed by atoms with van der Waals surface area (Å²) in [5.41, 5.74) is -2.76. The van der Waals surface area contributed by atoms with Crippen LogP contribution in [0.1, 0.15) is 117 Å². The number of allylic oxidation sites excluding steroid dienone is 1. The Balaban J connectivity index is 2.97. The monoisotopic (exact) mass is 647 g/mol. The van der Waals surface area contributed by atoms with Crippen LogP contribution in [0, 0.1) is 5.92 Å². The first-order valence-corrected chi connectivity index (χ1v) is 16.7. The Morgan fingerprint density at radius 1 is 0.913 bits per heavy atom. The van der Waals surface area contributed by atoms with Crippen LogP contribution in [0.5, 0.6) is 5.75 Å². The number of amides is 1. The highest BCUT2D eigenvalue weighted by Gasteiger charge is 2.49. The molecule has 0 saturated heterocycles. The number of methoxy groups -OCH3 is 1. The number of nitrogens with one attached hydrogen (secondary N) is 1. The minimum absolute atomic E-state index is 0.0291. The second-order valence-electron chi connectivity index (χ2n) is 12.9. The zero-order valence-corrected chi connectivity index (χ0v) is 28.5. The number of ether oxygens (including phenoxy) is 2. The van der Waals surface area contributed by atoms with Crippen molar-refractivity contribution in [1.29, 1.82) is 0 Å². The van der Waals surface area contributed by atoms with E-state index in [2.05, 4.69) is 12.2 Å². The van der Waals surface area contributed by atoms with E-state index in [4.69, 9.17) is 9.47 Å². The molecule has 1 amide bonds. The summed E-state index contributed by atoms with van der Waals surface area (Å²) in [5.74, 6) is -3.76. The second kappa shape index (κ2) is 21.5. The number of aromatic hydroxyl groups is 1. The van der Waals surface area contributed by atoms with Crippen molar-refractivity contribution in [3.63, 3.8) is 0 Å². The lowest BCUT2D eigenvalue weighted by Gasteiger charge is -2.34. The third kappa shape index (κ3) is 15.9. The van der Waals surface area contributed by atoms with E-state index in [9.17, 15) is 34.5 Å². The maximum atomic E-state index is 13.7. The molecule has 46 heavy (non-hydrogen) atoms. The molecule has 260 valence electrons. The molecule has 4 N–H and O–H groups in total. The van der Waals surface area contributed by atoms with Gasteiger partial charge in [-0.25, -0.2) is 9.59 Å². The van der Waals surface area contributed by atoms with Crippen molar-refractivity contribution in [2.45, 2.75) is 135 Å². The van der Waals surface area contributed by atoms with Crippen molar-refractivity contribution in [2.75, 3.05) is 13.7 Å². The lowest BCUT2D eigenvalue weighted by Crippen LogP contribution is -2.56. The highest BCUT2D eigenvalue weighted by Crippen LogP contribution is 2.28. The summed E-state index contributed by atoms with van der Waals surface area (Å²) < 4.78 is 10.3. The summed E-state index contributed by atoms with van der Waals surface area (Å²) in [6.07, 6.45) is 13.5. The first kappa shape index (κ1) is 40.8. The molecular weight excluding hydrogens is 590 g/mol. The average Bonchev–Trinajstić information content (AvgIpc) is 2.99. The number of carbonyl (C=O) groups is 4. The molecule has 0 bridgehead atoms. The molecule has 0 radical (unpaired) electrons. The molecular formula is C36H57NO9. The van der Waals surface area contributed by atoms with Crippen molar-refractivity contribution in [2.24, 2.45) is 5.92 Å². The summed E-state index contributed by atoms with van der Waals surface area (Å²) in [6.45, 7) is 6.45. The van der Waals surface area contributed by atoms with Gasteiger partial charge in [0.25, 0.3) is 0 Å². The molecule has 0 saturated carbocycles. The number of aliphatic hydroxyl groups excluding tert-OH is 1. The topological polar surface area (TPSA) is 159 Å². The van der Waals surface area contributed by atoms with Crippen LogP contribution in [-0.4, -0.2) is 69.9 Å². The summed E-state index contributed by atoms with van der Waals surface area (Å²) >= 11 is 0. The van der Waals surface area contributed by atoms with Crippen molar-refractivity contribution in [3.05, 3.63) is 42.0 Å². The smallest absolute Gasteiger partial charge is 0.339 e. The number of benzene rings is 1. The van der Waals surface area contributed by atoms with Gasteiger partial charge in [-0.05, 0) is 64.2 Å². The highest BCUT2D eigenvalue weighted by molar-refractivity contribution is 5.93. The van der Waals surface area contributed by atoms with E-state index in [1.807, 2.05) is 0 Å². The Morgan fingerprint density at radius 3 is 2.04 bits per heavy atom. The van der Waals surface area contributed by atoms with Gasteiger partial charge < -0.3 is 30.1 Å². The molecule has 0 heterocycles. The van der Waals surface area contributed by atoms with E-state index in [1.54, 1.807) is 39.0 Å². The van der Waals surface area contributed by atoms with Gasteiger partial charge in [0.05, 0.1) is 13.0 Å². The number of phenolic OH excluding ortho intramolecular Hbond substituents is 1. The van der Waals surface area contributed by atoms with Crippen LogP contribution < -0.4 is 5.32 Å². The Labute approximate surface area is 274 Å². The first-order chi connectivity index (χ1) is 21.8. The van der Waals surface area contributed by atoms with E-state index < -0.39 is 54.0 Å². The number of unbranched alkanes of at least 4 members (excludes halogenated alkanes) is 8. The van der Waals surface area contributed by atoms with Gasteiger partial charge in [0.15, 0.2) is 5.60 Å². The molecule has 10 nitrogen and oxygen atoms in total. The number of hydrogen-bond acceptors (Lipinski definition) is 9. The highest BCUT2D eigenvalue weighted by atomic mass is 16.6. The third-order valence-corrected chi connectivity index (χ3v) is 7.68. The number of esters is 2. The Hall–Kier alpha value is -3.24. The number of phenols is 1. The van der Waals surface area contributed by atoms with Crippen LogP contribution in [0.25, 0.3) is 0 Å². The van der Waals surface area contributed by atoms with E-state index in [0.29, 0.717) is 30.6 Å². The molecule has 0 spiro atoms. The SMILES string of the molecule is CCCCCCCC(=O)CCCCCC/C=C/[C@H](C(=O)N[C@@H](Cc1ccc(O)cc1)C(=O)OC)[C@@](O)(CCO)C(=O)OC(C)(C)C. The van der Waals surface area contributed by atoms with Gasteiger partial charge in [0.1, 0.15) is 23.2 Å². The number of Topliss-reactive ketones (excluding diaryl/α,β-unsaturated/α-hetero) is 1. The van der Waals surface area contributed by atoms with Crippen LogP contribution in [0.3, 0.4) is 0 Å². The molecule has 0 aliphatic carbocycles. The van der Waals surface area contributed by atoms with Crippen LogP contribution >= 0.6 is 0 Å². The van der Waals surface area contributed by atoms with Crippen LogP contribution in [0.15, 0.2) is 36.4 Å². The standard InChI is InChI=1S/C36H57NO9/c1-6-7-8-11-14-17-28(39)18-15-12-9-10-13-16-19-30(36(44,24-25-38)34(43)46-35(2,3)4)32(41)37-31(33(42)45-5)26-27-20-22-29(40)23-21-27/h16,19-23,30-31,38,40,44H,6-15,17-18,24-26H2,1-5H3,(H,37,41)/b19-16+/t30-,31+,36+/m1/s1. The molecule has 1 rings (SSSR count). The number of carbonyl (C=O) groups excluding carboxylic acids is 4. The summed E-state index contributed by atoms with van der Waals surface area (Å²) in [5, 5.41) is 33.6. The van der Waals surface area contributed by atoms with Gasteiger partial charge in [-0.2, -0.15) is 0 Å². The van der Waals surface area contributed by atoms with Crippen LogP contribution in [-0.2, 0) is 35.1 Å². The predicted octanol–water partition coefficient (Wildman–Crippen LogP) is 5.49. The van der Waals surface area contributed by atoms with Crippen LogP contribution in [0.2, 0.25) is 0 Å². The third-order valence-electron chi connectivity index (χ3n) is 7.68. The maximum Gasteiger partial charge on any atom is 0.339 e. The molecule has 1 aromatic carbocycles. The molecule has 0 fully saturated rings. The van der Waals surface area contributed by atoms with Gasteiger partial charge >= 0.3 is 11.9 Å². The first-order valence-electron chi connectivity index (χ1n) is 16.7. The summed E-state index contributed by atoms with van der Waals surface area (Å²) in [7, 11) is 1.18. The minimum atomic E-state index is -2.42. The molecule has 0 aromatic heterocycles. The molecule has 0 aliphatic heterocycles. The second-order valence-corrected chi connectivity index (χ2v) is 12.9. The molecule has 0 aliphatic rings. The minimum Gasteiger partial charge on any atom is -0.508 e. The van der Waals surface area contributed by atoms with E-state index in [1.165, 1.54) is 44.6 Å². The Bertz CT molecular complexity index is 1090. The average molecular weight is 648 g/mol. The largest absolute Gasteiger partial charge is 0.508 e. The fraction of sp³-hybridized carbons (Fsp3) is 0.667. The fourth-order valence-electron chi connectivity index (χ4n) is 5.07. The van der Waals surface area contributed by atoms with Crippen molar-refractivity contribution < 1.29 is 44.0 Å². The predicted molar refractivity (Wildman–Crippen MR) is 177 cm³/mol. The Morgan fingerprint density at radius 2 is 1.50 bits per heavy atom. The normalized spacial score (nSPS) is 14.3. The maximum absolute atomic E-state index is 13.7. The van der Waals surface area contributed by atoms with Crippen molar-refractivity contribution in [3.8, 4) is 5.75 Å². The van der Waals surface area contributed by atoms with E-state index >= 15 is 0 Å². The number of hydrogen-bond donors (Lipinski definition) is 4. The number of ketones is 1. The molecule has 10 heteroatoms. The van der Waals surface area contributed by atoms with Gasteiger partial charge in [0.2, 0.25) is 5.91 Å². The molecule has 3 atom stereocenters. The summed E-state index contributed by atoms with van der Waals surface area (Å²) in [6, 6.07) is 4.94. The van der Waals surface area contributed by atoms with Crippen molar-refractivity contribution in [1.82, 2.24) is 5.32 Å².